The van der Waals surface area contributed by atoms with Crippen LogP contribution >= 0.6 is 0 Å². The highest BCUT2D eigenvalue weighted by molar-refractivity contribution is 7.92. The van der Waals surface area contributed by atoms with Gasteiger partial charge in [-0.25, -0.2) is 8.42 Å². The summed E-state index contributed by atoms with van der Waals surface area (Å²) in [4.78, 5) is 0. The van der Waals surface area contributed by atoms with Gasteiger partial charge in [-0.2, -0.15) is 13.2 Å². The van der Waals surface area contributed by atoms with Crippen LogP contribution in [0, 0.1) is 0 Å². The van der Waals surface area contributed by atoms with Crippen molar-refractivity contribution in [3.8, 4) is 0 Å². The van der Waals surface area contributed by atoms with Crippen LogP contribution in [0.4, 0.5) is 18.9 Å². The zero-order valence-corrected chi connectivity index (χ0v) is 10.7. The van der Waals surface area contributed by atoms with Crippen LogP contribution in [0.1, 0.15) is 12.0 Å². The van der Waals surface area contributed by atoms with Gasteiger partial charge in [-0.3, -0.25) is 4.72 Å². The molecule has 106 valence electrons. The Balaban J connectivity index is 2.02. The monoisotopic (exact) mass is 294 g/mol. The first-order chi connectivity index (χ1) is 8.76. The lowest BCUT2D eigenvalue weighted by molar-refractivity contribution is -0.137. The van der Waals surface area contributed by atoms with Crippen molar-refractivity contribution in [1.29, 1.82) is 0 Å². The average molecular weight is 294 g/mol. The fraction of sp³-hybridized carbons (Fsp3) is 0.455. The Morgan fingerprint density at radius 3 is 2.26 bits per heavy atom. The summed E-state index contributed by atoms with van der Waals surface area (Å²) in [6, 6.07) is 3.83. The van der Waals surface area contributed by atoms with Gasteiger partial charge < -0.3 is 5.32 Å². The van der Waals surface area contributed by atoms with Crippen LogP contribution in [0.2, 0.25) is 0 Å². The standard InChI is InChI=1S/C11H13F3N2O2S/c12-11(13,14)8-1-3-9(4-2-8)16-19(17,18)7-10-5-6-15-10/h1-4,10,15-16H,5-7H2. The number of alkyl halides is 3. The number of benzene rings is 1. The lowest BCUT2D eigenvalue weighted by atomic mass is 10.1. The molecule has 0 aliphatic carbocycles. The molecule has 4 nitrogen and oxygen atoms in total. The molecule has 2 rings (SSSR count). The van der Waals surface area contributed by atoms with Gasteiger partial charge in [0, 0.05) is 11.7 Å². The fourth-order valence-electron chi connectivity index (χ4n) is 1.70. The summed E-state index contributed by atoms with van der Waals surface area (Å²) in [5, 5.41) is 2.95. The molecule has 2 N–H and O–H groups in total. The number of sulfonamides is 1. The van der Waals surface area contributed by atoms with E-state index in [2.05, 4.69) is 10.0 Å². The Morgan fingerprint density at radius 2 is 1.84 bits per heavy atom. The molecule has 0 aromatic heterocycles. The van der Waals surface area contributed by atoms with Crippen molar-refractivity contribution < 1.29 is 21.6 Å². The molecule has 1 heterocycles. The smallest absolute Gasteiger partial charge is 0.313 e. The minimum absolute atomic E-state index is 0.0754. The van der Waals surface area contributed by atoms with E-state index in [9.17, 15) is 21.6 Å². The molecule has 8 heteroatoms. The molecule has 0 radical (unpaired) electrons. The van der Waals surface area contributed by atoms with Crippen LogP contribution in [-0.4, -0.2) is 26.8 Å². The summed E-state index contributed by atoms with van der Waals surface area (Å²) in [5.41, 5.74) is -0.677. The SMILES string of the molecule is O=S(=O)(CC1CCN1)Nc1ccc(C(F)(F)F)cc1. The van der Waals surface area contributed by atoms with E-state index in [1.165, 1.54) is 0 Å². The summed E-state index contributed by atoms with van der Waals surface area (Å²) < 4.78 is 62.7. The van der Waals surface area contributed by atoms with E-state index in [1.807, 2.05) is 0 Å². The molecule has 0 saturated carbocycles. The second-order valence-corrected chi connectivity index (χ2v) is 6.17. The summed E-state index contributed by atoms with van der Waals surface area (Å²) in [5.74, 6) is -0.0754. The van der Waals surface area contributed by atoms with Gasteiger partial charge in [-0.1, -0.05) is 0 Å². The van der Waals surface area contributed by atoms with E-state index in [4.69, 9.17) is 0 Å². The highest BCUT2D eigenvalue weighted by atomic mass is 32.2. The molecule has 1 aromatic carbocycles. The van der Waals surface area contributed by atoms with Crippen LogP contribution in [0.25, 0.3) is 0 Å². The zero-order chi connectivity index (χ0) is 14.1. The molecular formula is C11H13F3N2O2S. The third-order valence-electron chi connectivity index (χ3n) is 2.83. The topological polar surface area (TPSA) is 58.2 Å². The van der Waals surface area contributed by atoms with E-state index in [-0.39, 0.29) is 17.5 Å². The molecule has 1 atom stereocenters. The third-order valence-corrected chi connectivity index (χ3v) is 4.22. The van der Waals surface area contributed by atoms with Gasteiger partial charge in [0.25, 0.3) is 0 Å². The van der Waals surface area contributed by atoms with Crippen molar-refractivity contribution >= 4 is 15.7 Å². The van der Waals surface area contributed by atoms with Gasteiger partial charge in [0.15, 0.2) is 0 Å². The maximum absolute atomic E-state index is 12.3. The summed E-state index contributed by atoms with van der Waals surface area (Å²) in [7, 11) is -3.54. The van der Waals surface area contributed by atoms with E-state index in [0.717, 1.165) is 37.2 Å². The highest BCUT2D eigenvalue weighted by Gasteiger charge is 2.30. The molecule has 1 saturated heterocycles. The van der Waals surface area contributed by atoms with Gasteiger partial charge in [-0.15, -0.1) is 0 Å². The van der Waals surface area contributed by atoms with E-state index in [0.29, 0.717) is 0 Å². The lowest BCUT2D eigenvalue weighted by Gasteiger charge is -2.27. The van der Waals surface area contributed by atoms with Gasteiger partial charge >= 0.3 is 6.18 Å². The quantitative estimate of drug-likeness (QED) is 0.890. The molecule has 1 fully saturated rings. The van der Waals surface area contributed by atoms with Gasteiger partial charge in [0.05, 0.1) is 11.3 Å². The lowest BCUT2D eigenvalue weighted by Crippen LogP contribution is -2.48. The predicted molar refractivity (Wildman–Crippen MR) is 65.3 cm³/mol. The molecule has 0 bridgehead atoms. The highest BCUT2D eigenvalue weighted by Crippen LogP contribution is 2.29. The maximum atomic E-state index is 12.3. The van der Waals surface area contributed by atoms with Gasteiger partial charge in [0.2, 0.25) is 10.0 Å². The van der Waals surface area contributed by atoms with Crippen molar-refractivity contribution in [3.05, 3.63) is 29.8 Å². The minimum atomic E-state index is -4.42. The first-order valence-corrected chi connectivity index (χ1v) is 7.33. The molecule has 0 spiro atoms. The fourth-order valence-corrected chi connectivity index (χ4v) is 3.10. The minimum Gasteiger partial charge on any atom is -0.313 e. The second-order valence-electron chi connectivity index (χ2n) is 4.40. The largest absolute Gasteiger partial charge is 0.416 e. The van der Waals surface area contributed by atoms with E-state index in [1.54, 1.807) is 0 Å². The van der Waals surface area contributed by atoms with Crippen LogP contribution in [0.5, 0.6) is 0 Å². The normalized spacial score (nSPS) is 19.8. The Morgan fingerprint density at radius 1 is 1.26 bits per heavy atom. The maximum Gasteiger partial charge on any atom is 0.416 e. The Kier molecular flexibility index (Phi) is 3.73. The number of hydrogen-bond donors (Lipinski definition) is 2. The van der Waals surface area contributed by atoms with Crippen LogP contribution in [0.3, 0.4) is 0 Å². The molecule has 19 heavy (non-hydrogen) atoms. The van der Waals surface area contributed by atoms with Gasteiger partial charge in [0.1, 0.15) is 0 Å². The Labute approximate surface area is 109 Å². The first kappa shape index (κ1) is 14.1. The number of halogens is 3. The van der Waals surface area contributed by atoms with Crippen molar-refractivity contribution in [2.75, 3.05) is 17.0 Å². The number of anilines is 1. The molecule has 1 aliphatic heterocycles. The predicted octanol–water partition coefficient (Wildman–Crippen LogP) is 1.81. The van der Waals surface area contributed by atoms with Crippen molar-refractivity contribution in [1.82, 2.24) is 5.32 Å². The van der Waals surface area contributed by atoms with Crippen molar-refractivity contribution in [2.45, 2.75) is 18.6 Å². The molecule has 1 aliphatic rings. The first-order valence-electron chi connectivity index (χ1n) is 5.67. The summed E-state index contributed by atoms with van der Waals surface area (Å²) >= 11 is 0. The number of rotatable bonds is 4. The van der Waals surface area contributed by atoms with Crippen LogP contribution < -0.4 is 10.0 Å². The molecule has 0 amide bonds. The zero-order valence-electron chi connectivity index (χ0n) is 9.87. The molecular weight excluding hydrogens is 281 g/mol. The summed E-state index contributed by atoms with van der Waals surface area (Å²) in [6.45, 7) is 0.792. The Hall–Kier alpha value is -1.28. The van der Waals surface area contributed by atoms with Crippen LogP contribution in [0.15, 0.2) is 24.3 Å². The van der Waals surface area contributed by atoms with E-state index >= 15 is 0 Å². The number of nitrogens with one attached hydrogen (secondary N) is 2. The molecule has 1 unspecified atom stereocenters. The molecule has 1 aromatic rings. The summed E-state index contributed by atoms with van der Waals surface area (Å²) in [6.07, 6.45) is -3.64. The third kappa shape index (κ3) is 3.84. The second kappa shape index (κ2) is 5.01. The van der Waals surface area contributed by atoms with E-state index < -0.39 is 21.8 Å². The van der Waals surface area contributed by atoms with Crippen LogP contribution in [-0.2, 0) is 16.2 Å². The van der Waals surface area contributed by atoms with Gasteiger partial charge in [-0.05, 0) is 37.2 Å². The number of hydrogen-bond acceptors (Lipinski definition) is 3. The van der Waals surface area contributed by atoms with Crippen molar-refractivity contribution in [2.24, 2.45) is 0 Å². The van der Waals surface area contributed by atoms with Crippen molar-refractivity contribution in [3.63, 3.8) is 0 Å². The average Bonchev–Trinajstić information content (AvgIpc) is 2.23. The Bertz CT molecular complexity index is 536.